The smallest absolute Gasteiger partial charge is 0.338 e. The van der Waals surface area contributed by atoms with Gasteiger partial charge in [0, 0.05) is 62.3 Å². The molecule has 3 atom stereocenters. The number of allylic oxidation sites excluding steroid dienone is 4. The zero-order valence-electron chi connectivity index (χ0n) is 61.2. The number of aromatic nitrogens is 1. The van der Waals surface area contributed by atoms with Crippen LogP contribution in [0.15, 0.2) is 146 Å². The molecule has 2 saturated heterocycles. The zero-order valence-corrected chi connectivity index (χ0v) is 64.6. The Kier molecular flexibility index (Phi) is 44.6. The number of carbonyl (C=O) groups excluding carboxylic acids is 4. The Morgan fingerprint density at radius 3 is 1.54 bits per heavy atom. The van der Waals surface area contributed by atoms with Crippen LogP contribution >= 0.6 is 41.3 Å². The average molecular weight is 1330 g/mol. The molecule has 0 spiro atoms. The topological polar surface area (TPSA) is 140 Å². The Bertz CT molecular complexity index is 2710. The van der Waals surface area contributed by atoms with Gasteiger partial charge in [-0.15, -0.1) is 18.9 Å². The quantitative estimate of drug-likeness (QED) is 0.0282. The SMILES string of the molecule is C.C#CC(C)(C)C.C=C/C=C\C(C)(C)C.C=CC(C)(C)C.CC(C)(C)C.CC(C)(C)C1SCC2CC(=O)NC21.CC(C)(C)SSc1ccccn1.CCC(=O)NC(C)(C)C.CN.COC(=O)c1ccc(C(=O)C(C)(C)C)cc1P(c1ccccc1)c1ccccc1. The van der Waals surface area contributed by atoms with Gasteiger partial charge in [0.05, 0.1) is 12.7 Å². The molecule has 3 heterocycles. The molecule has 2 aliphatic heterocycles. The number of hydrogen-bond donors (Lipinski definition) is 3. The largest absolute Gasteiger partial charge is 0.465 e. The Morgan fingerprint density at radius 1 is 0.758 bits per heavy atom. The van der Waals surface area contributed by atoms with Crippen LogP contribution in [0.3, 0.4) is 0 Å². The summed E-state index contributed by atoms with van der Waals surface area (Å²) in [5.74, 6) is 4.38. The highest BCUT2D eigenvalue weighted by Crippen LogP contribution is 2.45. The van der Waals surface area contributed by atoms with Gasteiger partial charge >= 0.3 is 5.97 Å². The zero-order chi connectivity index (χ0) is 70.7. The van der Waals surface area contributed by atoms with Crippen molar-refractivity contribution in [3.05, 3.63) is 152 Å². The number of hydrogen-bond acceptors (Lipinski definition) is 10. The first-order chi connectivity index (χ1) is 41.0. The van der Waals surface area contributed by atoms with Crippen LogP contribution in [0.5, 0.6) is 0 Å². The van der Waals surface area contributed by atoms with E-state index >= 15 is 0 Å². The lowest BCUT2D eigenvalue weighted by molar-refractivity contribution is -0.122. The molecule has 1 aromatic heterocycles. The number of nitrogens with two attached hydrogens (primary N) is 1. The lowest BCUT2D eigenvalue weighted by Gasteiger charge is -2.30. The van der Waals surface area contributed by atoms with Crippen molar-refractivity contribution in [2.75, 3.05) is 19.9 Å². The van der Waals surface area contributed by atoms with E-state index < -0.39 is 19.3 Å². The molecule has 0 bridgehead atoms. The number of amides is 2. The minimum absolute atomic E-state index is 0. The molecule has 2 aliphatic rings. The van der Waals surface area contributed by atoms with Crippen molar-refractivity contribution in [1.29, 1.82) is 0 Å². The highest BCUT2D eigenvalue weighted by Gasteiger charge is 2.47. The van der Waals surface area contributed by atoms with Crippen molar-refractivity contribution >= 4 is 80.8 Å². The molecule has 3 unspecified atom stereocenters. The monoisotopic (exact) mass is 1330 g/mol. The number of pyridine rings is 1. The van der Waals surface area contributed by atoms with E-state index in [0.717, 1.165) is 33.1 Å². The second-order valence-electron chi connectivity index (χ2n) is 30.5. The first-order valence-electron chi connectivity index (χ1n) is 31.2. The molecule has 0 saturated carbocycles. The fourth-order valence-electron chi connectivity index (χ4n) is 6.92. The Hall–Kier alpha value is -4.89. The number of esters is 1. The van der Waals surface area contributed by atoms with E-state index in [2.05, 4.69) is 182 Å². The van der Waals surface area contributed by atoms with Crippen molar-refractivity contribution in [1.82, 2.24) is 15.6 Å². The van der Waals surface area contributed by atoms with Gasteiger partial charge in [-0.05, 0) is 136 Å². The van der Waals surface area contributed by atoms with E-state index in [0.29, 0.717) is 61.2 Å². The molecule has 4 N–H and O–H groups in total. The summed E-state index contributed by atoms with van der Waals surface area (Å²) in [7, 11) is 5.42. The minimum Gasteiger partial charge on any atom is -0.465 e. The minimum atomic E-state index is -1.03. The lowest BCUT2D eigenvalue weighted by atomic mass is 9.84. The summed E-state index contributed by atoms with van der Waals surface area (Å²) >= 11 is 2.03. The molecule has 0 radical (unpaired) electrons. The number of benzene rings is 3. The van der Waals surface area contributed by atoms with Crippen molar-refractivity contribution in [3.8, 4) is 12.3 Å². The first kappa shape index (κ1) is 92.5. The number of ketones is 1. The number of nitrogens with one attached hydrogen (secondary N) is 2. The third kappa shape index (κ3) is 47.6. The second-order valence-corrected chi connectivity index (χ2v) is 36.8. The Balaban J connectivity index is -0.000000517. The molecule has 9 nitrogen and oxygen atoms in total. The molecular weight excluding hydrogens is 1200 g/mol. The molecule has 91 heavy (non-hydrogen) atoms. The van der Waals surface area contributed by atoms with Crippen molar-refractivity contribution in [2.24, 2.45) is 44.1 Å². The van der Waals surface area contributed by atoms with Gasteiger partial charge in [0.1, 0.15) is 5.03 Å². The molecule has 2 fully saturated rings. The summed E-state index contributed by atoms with van der Waals surface area (Å²) in [5, 5.41) is 10.7. The van der Waals surface area contributed by atoms with E-state index in [9.17, 15) is 19.2 Å². The number of terminal acetylenes is 1. The second kappa shape index (κ2) is 43.9. The van der Waals surface area contributed by atoms with Crippen LogP contribution in [-0.2, 0) is 14.3 Å². The van der Waals surface area contributed by atoms with Gasteiger partial charge in [0.2, 0.25) is 11.8 Å². The van der Waals surface area contributed by atoms with E-state index in [1.54, 1.807) is 29.0 Å². The molecule has 3 aromatic carbocycles. The number of nitrogens with zero attached hydrogens (tertiary/aromatic N) is 1. The van der Waals surface area contributed by atoms with Crippen molar-refractivity contribution < 1.29 is 23.9 Å². The number of thioether (sulfide) groups is 1. The molecule has 13 heteroatoms. The van der Waals surface area contributed by atoms with Gasteiger partial charge < -0.3 is 21.1 Å². The summed E-state index contributed by atoms with van der Waals surface area (Å²) in [6.45, 7) is 61.7. The number of methoxy groups -OCH3 is 1. The van der Waals surface area contributed by atoms with Gasteiger partial charge in [-0.1, -0.05) is 260 Å². The van der Waals surface area contributed by atoms with Crippen LogP contribution in [0.4, 0.5) is 0 Å². The molecule has 0 aliphatic carbocycles. The maximum Gasteiger partial charge on any atom is 0.338 e. The van der Waals surface area contributed by atoms with Crippen molar-refractivity contribution in [2.45, 2.75) is 227 Å². The van der Waals surface area contributed by atoms with Crippen LogP contribution in [0.1, 0.15) is 221 Å². The fourth-order valence-corrected chi connectivity index (χ4v) is 13.0. The normalized spacial score (nSPS) is 15.0. The number of carbonyl (C=O) groups is 4. The summed E-state index contributed by atoms with van der Waals surface area (Å²) < 4.78 is 5.35. The molecule has 2 amide bonds. The molecular formula is C78H127N4O5PS3. The van der Waals surface area contributed by atoms with Gasteiger partial charge in [-0.3, -0.25) is 14.4 Å². The fraction of sp³-hybridized carbons (Fsp3) is 0.551. The highest BCUT2D eigenvalue weighted by atomic mass is 33.1. The van der Waals surface area contributed by atoms with Gasteiger partial charge in [0.25, 0.3) is 0 Å². The summed E-state index contributed by atoms with van der Waals surface area (Å²) in [5.41, 5.74) is 6.51. The van der Waals surface area contributed by atoms with E-state index in [1.807, 2.05) is 171 Å². The predicted octanol–water partition coefficient (Wildman–Crippen LogP) is 20.0. The lowest BCUT2D eigenvalue weighted by Crippen LogP contribution is -2.41. The number of Topliss-reactive ketones (excluding diaryl/α,β-unsaturated/α-hetero) is 1. The number of fused-ring (bicyclic) bond motifs is 1. The summed E-state index contributed by atoms with van der Waals surface area (Å²) in [6.07, 6.45) is 16.0. The van der Waals surface area contributed by atoms with Crippen LogP contribution in [0, 0.1) is 50.8 Å². The number of ether oxygens (including phenoxy) is 1. The van der Waals surface area contributed by atoms with Crippen molar-refractivity contribution in [3.63, 3.8) is 0 Å². The highest BCUT2D eigenvalue weighted by molar-refractivity contribution is 8.77. The van der Waals surface area contributed by atoms with Gasteiger partial charge in [-0.2, -0.15) is 11.8 Å². The molecule has 4 aromatic rings. The molecule has 512 valence electrons. The van der Waals surface area contributed by atoms with E-state index in [1.165, 1.54) is 14.2 Å². The van der Waals surface area contributed by atoms with Gasteiger partial charge in [-0.25, -0.2) is 9.78 Å². The summed E-state index contributed by atoms with van der Waals surface area (Å²) in [6, 6.07) is 32.0. The average Bonchev–Trinajstić information content (AvgIpc) is 1.76. The Labute approximate surface area is 571 Å². The number of rotatable bonds is 9. The third-order valence-corrected chi connectivity index (χ3v) is 18.9. The first-order valence-corrected chi connectivity index (χ1v) is 35.7. The van der Waals surface area contributed by atoms with Crippen LogP contribution in [0.25, 0.3) is 0 Å². The van der Waals surface area contributed by atoms with Gasteiger partial charge in [0.15, 0.2) is 5.78 Å². The van der Waals surface area contributed by atoms with E-state index in [4.69, 9.17) is 11.2 Å². The third-order valence-electron chi connectivity index (χ3n) is 11.2. The Morgan fingerprint density at radius 2 is 1.22 bits per heavy atom. The van der Waals surface area contributed by atoms with Crippen LogP contribution in [0.2, 0.25) is 0 Å². The predicted molar refractivity (Wildman–Crippen MR) is 410 cm³/mol. The maximum atomic E-state index is 13.0. The standard InChI is InChI=1S/C25H25O3P.C10H17NOS.C9H13NS2.C8H14.C7H15NO.C6H12.C6H10.C5H12.CH5N.CH4/c1-25(2,3)23(26)18-15-16-21(24(27)28-4)22(17-18)29(19-11-7-5-8-12-19)20-13-9-6-10-14-20;1-10(2,3)9-8-6(5-13-9)4-7(12)11-8;1-9(2,3)12-11-8-6-4-5-7-10-8;1-5-6-7-8(2,3)4;1-5-6(9)8-7(2,3)4;2*1-5-6(2,3)4;1-5(2,3)4;1-2;/h5-17H,1-4H3;6,8-9H,4-5H2,1-3H3,(H,11,12);4-7H,1-3H3;5-7H,1H2,2-4H3;5H2,1-4H3,(H,8,9);5H,1H2,2-4H3;1H,2-4H3;1-4H3;2H2,1H3;1H4/b;;;7-6-;;;;;;. The molecule has 6 rings (SSSR count). The van der Waals surface area contributed by atoms with Crippen LogP contribution < -0.4 is 32.3 Å². The van der Waals surface area contributed by atoms with Crippen LogP contribution in [-0.4, -0.2) is 70.0 Å². The maximum absolute atomic E-state index is 13.0. The van der Waals surface area contributed by atoms with E-state index in [-0.39, 0.29) is 36.0 Å². The summed E-state index contributed by atoms with van der Waals surface area (Å²) in [4.78, 5) is 51.7.